The molecule has 1 atom stereocenters. The Kier molecular flexibility index (Phi) is 6.18. The fourth-order valence-corrected chi connectivity index (χ4v) is 3.73. The zero-order valence-corrected chi connectivity index (χ0v) is 15.2. The van der Waals surface area contributed by atoms with E-state index in [-0.39, 0.29) is 18.5 Å². The number of hydrogen-bond acceptors (Lipinski definition) is 4. The molecular weight excluding hydrogens is 312 g/mol. The summed E-state index contributed by atoms with van der Waals surface area (Å²) >= 11 is 0. The van der Waals surface area contributed by atoms with Crippen LogP contribution in [0.25, 0.3) is 0 Å². The van der Waals surface area contributed by atoms with Gasteiger partial charge in [-0.2, -0.15) is 0 Å². The summed E-state index contributed by atoms with van der Waals surface area (Å²) in [6.45, 7) is 9.86. The number of hydrogen-bond donors (Lipinski definition) is 1. The second kappa shape index (κ2) is 7.73. The van der Waals surface area contributed by atoms with E-state index in [0.29, 0.717) is 5.41 Å². The average molecular weight is 341 g/mol. The van der Waals surface area contributed by atoms with Gasteiger partial charge >= 0.3 is 0 Å². The lowest BCUT2D eigenvalue weighted by Crippen LogP contribution is -2.28. The molecule has 1 aromatic rings. The maximum atomic E-state index is 5.79. The Morgan fingerprint density at radius 1 is 1.26 bits per heavy atom. The van der Waals surface area contributed by atoms with Gasteiger partial charge in [0.1, 0.15) is 0 Å². The molecule has 4 nitrogen and oxygen atoms in total. The normalized spacial score (nSPS) is 24.2. The predicted molar refractivity (Wildman–Crippen MR) is 95.8 cm³/mol. The quantitative estimate of drug-likeness (QED) is 0.893. The van der Waals surface area contributed by atoms with Crippen molar-refractivity contribution in [2.24, 2.45) is 5.41 Å². The molecule has 1 N–H and O–H groups in total. The van der Waals surface area contributed by atoms with Gasteiger partial charge in [0.25, 0.3) is 0 Å². The third-order valence-corrected chi connectivity index (χ3v) is 4.85. The van der Waals surface area contributed by atoms with E-state index in [9.17, 15) is 0 Å². The SMILES string of the molecule is COc1cc(CN2CCC3(CCNC3)C2)ccc1OC(C)C.Cl. The standard InChI is InChI=1S/C18H28N2O2.ClH/c1-14(2)22-16-5-4-15(10-17(16)21-3)11-20-9-7-18(13-20)6-8-19-12-18;/h4-5,10,14,19H,6-9,11-13H2,1-3H3;1H. The van der Waals surface area contributed by atoms with Crippen molar-refractivity contribution in [3.63, 3.8) is 0 Å². The van der Waals surface area contributed by atoms with Gasteiger partial charge in [0.2, 0.25) is 0 Å². The summed E-state index contributed by atoms with van der Waals surface area (Å²) in [5.41, 5.74) is 1.83. The maximum Gasteiger partial charge on any atom is 0.161 e. The van der Waals surface area contributed by atoms with Crippen LogP contribution in [0.5, 0.6) is 11.5 Å². The third kappa shape index (κ3) is 4.31. The first kappa shape index (κ1) is 18.4. The molecule has 2 aliphatic heterocycles. The molecule has 0 amide bonds. The highest BCUT2D eigenvalue weighted by molar-refractivity contribution is 5.85. The van der Waals surface area contributed by atoms with E-state index in [0.717, 1.165) is 18.0 Å². The average Bonchev–Trinajstić information content (AvgIpc) is 3.11. The lowest BCUT2D eigenvalue weighted by molar-refractivity contribution is 0.229. The van der Waals surface area contributed by atoms with Crippen LogP contribution in [0.3, 0.4) is 0 Å². The van der Waals surface area contributed by atoms with E-state index in [1.165, 1.54) is 44.6 Å². The number of ether oxygens (including phenoxy) is 2. The van der Waals surface area contributed by atoms with Crippen molar-refractivity contribution in [1.29, 1.82) is 0 Å². The molecule has 5 heteroatoms. The molecule has 130 valence electrons. The summed E-state index contributed by atoms with van der Waals surface area (Å²) < 4.78 is 11.3. The summed E-state index contributed by atoms with van der Waals surface area (Å²) in [6.07, 6.45) is 2.81. The molecule has 2 heterocycles. The Morgan fingerprint density at radius 2 is 2.09 bits per heavy atom. The Morgan fingerprint density at radius 3 is 2.74 bits per heavy atom. The zero-order valence-electron chi connectivity index (χ0n) is 14.4. The van der Waals surface area contributed by atoms with Crippen molar-refractivity contribution >= 4 is 12.4 Å². The minimum absolute atomic E-state index is 0. The van der Waals surface area contributed by atoms with E-state index in [1.54, 1.807) is 7.11 Å². The Balaban J connectivity index is 0.00000192. The molecule has 1 aromatic carbocycles. The van der Waals surface area contributed by atoms with Crippen LogP contribution in [0.2, 0.25) is 0 Å². The highest BCUT2D eigenvalue weighted by Gasteiger charge is 2.40. The molecule has 0 bridgehead atoms. The van der Waals surface area contributed by atoms with Gasteiger partial charge in [-0.3, -0.25) is 4.90 Å². The number of methoxy groups -OCH3 is 1. The minimum Gasteiger partial charge on any atom is -0.493 e. The molecular formula is C18H29ClN2O2. The van der Waals surface area contributed by atoms with E-state index in [1.807, 2.05) is 19.9 Å². The Hall–Kier alpha value is -0.970. The van der Waals surface area contributed by atoms with Gasteiger partial charge < -0.3 is 14.8 Å². The lowest BCUT2D eigenvalue weighted by Gasteiger charge is -2.23. The molecule has 0 aliphatic carbocycles. The first-order chi connectivity index (χ1) is 10.6. The van der Waals surface area contributed by atoms with E-state index < -0.39 is 0 Å². The van der Waals surface area contributed by atoms with Crippen LogP contribution in [-0.2, 0) is 6.54 Å². The largest absolute Gasteiger partial charge is 0.493 e. The Bertz CT molecular complexity index is 516. The topological polar surface area (TPSA) is 33.7 Å². The predicted octanol–water partition coefficient (Wildman–Crippen LogP) is 3.09. The van der Waals surface area contributed by atoms with Gasteiger partial charge in [-0.15, -0.1) is 12.4 Å². The third-order valence-electron chi connectivity index (χ3n) is 4.85. The molecule has 23 heavy (non-hydrogen) atoms. The van der Waals surface area contributed by atoms with Crippen LogP contribution < -0.4 is 14.8 Å². The van der Waals surface area contributed by atoms with Crippen LogP contribution in [-0.4, -0.2) is 44.3 Å². The van der Waals surface area contributed by atoms with Gasteiger partial charge in [-0.1, -0.05) is 6.07 Å². The summed E-state index contributed by atoms with van der Waals surface area (Å²) in [7, 11) is 1.71. The van der Waals surface area contributed by atoms with Crippen LogP contribution in [0.15, 0.2) is 18.2 Å². The molecule has 2 saturated heterocycles. The van der Waals surface area contributed by atoms with Crippen molar-refractivity contribution in [3.8, 4) is 11.5 Å². The highest BCUT2D eigenvalue weighted by atomic mass is 35.5. The number of rotatable bonds is 5. The summed E-state index contributed by atoms with van der Waals surface area (Å²) in [4.78, 5) is 2.57. The molecule has 1 spiro atoms. The van der Waals surface area contributed by atoms with Crippen molar-refractivity contribution in [2.75, 3.05) is 33.3 Å². The monoisotopic (exact) mass is 340 g/mol. The van der Waals surface area contributed by atoms with Crippen LogP contribution in [0, 0.1) is 5.41 Å². The zero-order chi connectivity index (χ0) is 15.6. The van der Waals surface area contributed by atoms with Gasteiger partial charge in [0, 0.05) is 19.6 Å². The smallest absolute Gasteiger partial charge is 0.161 e. The van der Waals surface area contributed by atoms with E-state index in [2.05, 4.69) is 22.3 Å². The molecule has 2 aliphatic rings. The number of nitrogens with zero attached hydrogens (tertiary/aromatic N) is 1. The molecule has 0 saturated carbocycles. The second-order valence-corrected chi connectivity index (χ2v) is 7.04. The summed E-state index contributed by atoms with van der Waals surface area (Å²) in [5, 5.41) is 3.52. The maximum absolute atomic E-state index is 5.79. The van der Waals surface area contributed by atoms with Gasteiger partial charge in [0.05, 0.1) is 13.2 Å². The van der Waals surface area contributed by atoms with Gasteiger partial charge in [-0.05, 0) is 62.9 Å². The molecule has 3 rings (SSSR count). The van der Waals surface area contributed by atoms with Crippen molar-refractivity contribution in [1.82, 2.24) is 10.2 Å². The van der Waals surface area contributed by atoms with E-state index >= 15 is 0 Å². The van der Waals surface area contributed by atoms with Crippen molar-refractivity contribution in [3.05, 3.63) is 23.8 Å². The molecule has 1 unspecified atom stereocenters. The van der Waals surface area contributed by atoms with Gasteiger partial charge in [-0.25, -0.2) is 0 Å². The fourth-order valence-electron chi connectivity index (χ4n) is 3.73. The number of nitrogens with one attached hydrogen (secondary N) is 1. The van der Waals surface area contributed by atoms with Gasteiger partial charge in [0.15, 0.2) is 11.5 Å². The van der Waals surface area contributed by atoms with Crippen molar-refractivity contribution in [2.45, 2.75) is 39.3 Å². The van der Waals surface area contributed by atoms with Crippen molar-refractivity contribution < 1.29 is 9.47 Å². The first-order valence-corrected chi connectivity index (χ1v) is 8.37. The number of halogens is 1. The summed E-state index contributed by atoms with van der Waals surface area (Å²) in [6, 6.07) is 6.32. The molecule has 0 aromatic heterocycles. The summed E-state index contributed by atoms with van der Waals surface area (Å²) in [5.74, 6) is 1.67. The number of likely N-dealkylation sites (tertiary alicyclic amines) is 1. The Labute approximate surface area is 145 Å². The van der Waals surface area contributed by atoms with Crippen LogP contribution in [0.4, 0.5) is 0 Å². The molecule has 2 fully saturated rings. The minimum atomic E-state index is 0. The van der Waals surface area contributed by atoms with Crippen LogP contribution >= 0.6 is 12.4 Å². The van der Waals surface area contributed by atoms with E-state index in [4.69, 9.17) is 9.47 Å². The fraction of sp³-hybridized carbons (Fsp3) is 0.667. The highest BCUT2D eigenvalue weighted by Crippen LogP contribution is 2.37. The first-order valence-electron chi connectivity index (χ1n) is 8.37. The molecule has 0 radical (unpaired) electrons. The van der Waals surface area contributed by atoms with Crippen LogP contribution in [0.1, 0.15) is 32.3 Å². The second-order valence-electron chi connectivity index (χ2n) is 7.04. The lowest BCUT2D eigenvalue weighted by atomic mass is 9.86. The number of benzene rings is 1.